The van der Waals surface area contributed by atoms with Crippen molar-refractivity contribution in [2.24, 2.45) is 0 Å². The molecule has 2 aromatic heterocycles. The molecule has 1 aliphatic rings. The molecule has 1 fully saturated rings. The Morgan fingerprint density at radius 2 is 1.86 bits per heavy atom. The number of ketones is 1. The van der Waals surface area contributed by atoms with Crippen molar-refractivity contribution in [1.29, 1.82) is 0 Å². The SMILES string of the molecule is O=C(c1cccnc1)c1nc(-c2ccc(Cl)c(Cl)c2)nc(N2CCOCC2)n1. The highest BCUT2D eigenvalue weighted by atomic mass is 35.5. The van der Waals surface area contributed by atoms with Gasteiger partial charge in [-0.1, -0.05) is 23.2 Å². The van der Waals surface area contributed by atoms with Gasteiger partial charge in [0, 0.05) is 36.6 Å². The standard InChI is InChI=1S/C19H15Cl2N5O2/c20-14-4-3-12(10-15(14)21)17-23-18(16(27)13-2-1-5-22-11-13)25-19(24-17)26-6-8-28-9-7-26/h1-5,10-11H,6-9H2. The fourth-order valence-corrected chi connectivity index (χ4v) is 3.06. The van der Waals surface area contributed by atoms with Gasteiger partial charge in [-0.3, -0.25) is 9.78 Å². The number of benzene rings is 1. The van der Waals surface area contributed by atoms with Gasteiger partial charge in [-0.2, -0.15) is 9.97 Å². The molecule has 3 aromatic rings. The number of hydrogen-bond donors (Lipinski definition) is 0. The van der Waals surface area contributed by atoms with Crippen molar-refractivity contribution >= 4 is 34.9 Å². The molecule has 4 rings (SSSR count). The van der Waals surface area contributed by atoms with Crippen molar-refractivity contribution in [2.45, 2.75) is 0 Å². The molecular weight excluding hydrogens is 401 g/mol. The molecule has 0 atom stereocenters. The zero-order chi connectivity index (χ0) is 19.5. The van der Waals surface area contributed by atoms with E-state index < -0.39 is 0 Å². The smallest absolute Gasteiger partial charge is 0.231 e. The van der Waals surface area contributed by atoms with Crippen molar-refractivity contribution in [3.63, 3.8) is 0 Å². The van der Waals surface area contributed by atoms with E-state index in [1.54, 1.807) is 36.5 Å². The van der Waals surface area contributed by atoms with Gasteiger partial charge in [-0.05, 0) is 30.3 Å². The second-order valence-electron chi connectivity index (χ2n) is 6.08. The number of anilines is 1. The quantitative estimate of drug-likeness (QED) is 0.604. The van der Waals surface area contributed by atoms with Crippen LogP contribution in [0.25, 0.3) is 11.4 Å². The zero-order valence-electron chi connectivity index (χ0n) is 14.7. The van der Waals surface area contributed by atoms with Crippen LogP contribution in [0.4, 0.5) is 5.95 Å². The van der Waals surface area contributed by atoms with Crippen LogP contribution in [-0.2, 0) is 4.74 Å². The van der Waals surface area contributed by atoms with Crippen LogP contribution in [0.5, 0.6) is 0 Å². The lowest BCUT2D eigenvalue weighted by atomic mass is 10.1. The van der Waals surface area contributed by atoms with Gasteiger partial charge in [0.05, 0.1) is 23.3 Å². The summed E-state index contributed by atoms with van der Waals surface area (Å²) in [7, 11) is 0. The Kier molecular flexibility index (Phi) is 5.47. The number of carbonyl (C=O) groups is 1. The first kappa shape index (κ1) is 18.7. The summed E-state index contributed by atoms with van der Waals surface area (Å²) in [6.45, 7) is 2.40. The predicted octanol–water partition coefficient (Wildman–Crippen LogP) is 3.31. The van der Waals surface area contributed by atoms with E-state index in [0.29, 0.717) is 59.2 Å². The first-order valence-corrected chi connectivity index (χ1v) is 9.36. The van der Waals surface area contributed by atoms with Gasteiger partial charge in [-0.15, -0.1) is 0 Å². The predicted molar refractivity (Wildman–Crippen MR) is 106 cm³/mol. The van der Waals surface area contributed by atoms with Crippen LogP contribution >= 0.6 is 23.2 Å². The summed E-state index contributed by atoms with van der Waals surface area (Å²) in [5, 5.41) is 0.812. The van der Waals surface area contributed by atoms with Crippen LogP contribution in [0.3, 0.4) is 0 Å². The monoisotopic (exact) mass is 415 g/mol. The first-order chi connectivity index (χ1) is 13.6. The topological polar surface area (TPSA) is 81.1 Å². The number of hydrogen-bond acceptors (Lipinski definition) is 7. The summed E-state index contributed by atoms with van der Waals surface area (Å²) in [5.74, 6) is 0.491. The van der Waals surface area contributed by atoms with Gasteiger partial charge in [0.25, 0.3) is 0 Å². The Morgan fingerprint density at radius 1 is 1.04 bits per heavy atom. The van der Waals surface area contributed by atoms with E-state index in [9.17, 15) is 4.79 Å². The summed E-state index contributed by atoms with van der Waals surface area (Å²) >= 11 is 12.2. The normalized spacial score (nSPS) is 14.1. The molecule has 0 saturated carbocycles. The van der Waals surface area contributed by atoms with Crippen LogP contribution in [0.15, 0.2) is 42.7 Å². The number of rotatable bonds is 4. The number of ether oxygens (including phenoxy) is 1. The van der Waals surface area contributed by atoms with Crippen LogP contribution < -0.4 is 4.90 Å². The highest BCUT2D eigenvalue weighted by Crippen LogP contribution is 2.28. The summed E-state index contributed by atoms with van der Waals surface area (Å²) in [6, 6.07) is 8.45. The molecular formula is C19H15Cl2N5O2. The van der Waals surface area contributed by atoms with Crippen molar-refractivity contribution < 1.29 is 9.53 Å². The molecule has 28 heavy (non-hydrogen) atoms. The fourth-order valence-electron chi connectivity index (χ4n) is 2.76. The summed E-state index contributed by atoms with van der Waals surface area (Å²) < 4.78 is 5.39. The van der Waals surface area contributed by atoms with Crippen molar-refractivity contribution in [3.8, 4) is 11.4 Å². The van der Waals surface area contributed by atoms with Crippen LogP contribution in [0, 0.1) is 0 Å². The fraction of sp³-hybridized carbons (Fsp3) is 0.211. The molecule has 0 bridgehead atoms. The summed E-state index contributed by atoms with van der Waals surface area (Å²) in [5.41, 5.74) is 1.05. The maximum Gasteiger partial charge on any atom is 0.231 e. The third-order valence-electron chi connectivity index (χ3n) is 4.22. The largest absolute Gasteiger partial charge is 0.378 e. The number of pyridine rings is 1. The maximum absolute atomic E-state index is 12.9. The molecule has 0 amide bonds. The van der Waals surface area contributed by atoms with Gasteiger partial charge in [-0.25, -0.2) is 4.98 Å². The average molecular weight is 416 g/mol. The Hall–Kier alpha value is -2.61. The molecule has 0 radical (unpaired) electrons. The van der Waals surface area contributed by atoms with Gasteiger partial charge in [0.15, 0.2) is 5.82 Å². The number of carbonyl (C=O) groups excluding carboxylic acids is 1. The lowest BCUT2D eigenvalue weighted by Crippen LogP contribution is -2.37. The number of halogens is 2. The molecule has 0 spiro atoms. The van der Waals surface area contributed by atoms with E-state index in [1.165, 1.54) is 6.20 Å². The third kappa shape index (κ3) is 3.96. The Bertz CT molecular complexity index is 1010. The molecule has 3 heterocycles. The van der Waals surface area contributed by atoms with Crippen LogP contribution in [-0.4, -0.2) is 52.0 Å². The molecule has 0 N–H and O–H groups in total. The second kappa shape index (κ2) is 8.18. The van der Waals surface area contributed by atoms with Crippen LogP contribution in [0.2, 0.25) is 10.0 Å². The van der Waals surface area contributed by atoms with E-state index in [-0.39, 0.29) is 11.6 Å². The van der Waals surface area contributed by atoms with E-state index in [1.807, 2.05) is 4.90 Å². The first-order valence-electron chi connectivity index (χ1n) is 8.61. The Balaban J connectivity index is 1.80. The lowest BCUT2D eigenvalue weighted by molar-refractivity contribution is 0.102. The Morgan fingerprint density at radius 3 is 2.57 bits per heavy atom. The summed E-state index contributed by atoms with van der Waals surface area (Å²) in [4.78, 5) is 32.2. The van der Waals surface area contributed by atoms with Gasteiger partial charge in [0.2, 0.25) is 17.6 Å². The van der Waals surface area contributed by atoms with E-state index in [2.05, 4.69) is 19.9 Å². The molecule has 0 unspecified atom stereocenters. The zero-order valence-corrected chi connectivity index (χ0v) is 16.2. The molecule has 0 aliphatic carbocycles. The van der Waals surface area contributed by atoms with Crippen molar-refractivity contribution in [2.75, 3.05) is 31.2 Å². The van der Waals surface area contributed by atoms with E-state index in [0.717, 1.165) is 0 Å². The third-order valence-corrected chi connectivity index (χ3v) is 4.96. The van der Waals surface area contributed by atoms with Gasteiger partial charge in [0.1, 0.15) is 0 Å². The van der Waals surface area contributed by atoms with E-state index in [4.69, 9.17) is 27.9 Å². The highest BCUT2D eigenvalue weighted by molar-refractivity contribution is 6.42. The number of aromatic nitrogens is 4. The minimum absolute atomic E-state index is 0.0468. The van der Waals surface area contributed by atoms with Gasteiger partial charge >= 0.3 is 0 Å². The maximum atomic E-state index is 12.9. The number of nitrogens with zero attached hydrogens (tertiary/aromatic N) is 5. The minimum atomic E-state index is -0.327. The van der Waals surface area contributed by atoms with Crippen LogP contribution in [0.1, 0.15) is 16.2 Å². The molecule has 1 saturated heterocycles. The molecule has 142 valence electrons. The molecule has 1 aromatic carbocycles. The van der Waals surface area contributed by atoms with Crippen molar-refractivity contribution in [3.05, 3.63) is 64.2 Å². The van der Waals surface area contributed by atoms with E-state index >= 15 is 0 Å². The van der Waals surface area contributed by atoms with Gasteiger partial charge < -0.3 is 9.64 Å². The Labute approximate surface area is 171 Å². The lowest BCUT2D eigenvalue weighted by Gasteiger charge is -2.27. The number of morpholine rings is 1. The average Bonchev–Trinajstić information content (AvgIpc) is 2.76. The molecule has 1 aliphatic heterocycles. The van der Waals surface area contributed by atoms with Crippen molar-refractivity contribution in [1.82, 2.24) is 19.9 Å². The minimum Gasteiger partial charge on any atom is -0.378 e. The highest BCUT2D eigenvalue weighted by Gasteiger charge is 2.21. The molecule has 7 nitrogen and oxygen atoms in total. The second-order valence-corrected chi connectivity index (χ2v) is 6.90. The molecule has 9 heteroatoms. The summed E-state index contributed by atoms with van der Waals surface area (Å²) in [6.07, 6.45) is 3.09.